The van der Waals surface area contributed by atoms with E-state index in [4.69, 9.17) is 4.42 Å². The summed E-state index contributed by atoms with van der Waals surface area (Å²) in [5.41, 5.74) is 10.4. The second-order valence-electron chi connectivity index (χ2n) is 10.5. The molecule has 0 atom stereocenters. The van der Waals surface area contributed by atoms with E-state index in [1.54, 1.807) is 0 Å². The van der Waals surface area contributed by atoms with Gasteiger partial charge in [0.2, 0.25) is 0 Å². The van der Waals surface area contributed by atoms with Crippen molar-refractivity contribution in [1.82, 2.24) is 4.57 Å². The lowest BCUT2D eigenvalue weighted by atomic mass is 9.97. The van der Waals surface area contributed by atoms with Gasteiger partial charge >= 0.3 is 0 Å². The average molecular weight is 542 g/mol. The zero-order valence-corrected chi connectivity index (χ0v) is 22.9. The SMILES string of the molecule is c1ccc(-n2c3ccccc3c3sc4cccc(-c5ccc(-c6ccc7oc8ccccc8c7c6)cc5)c4c32)cc1. The van der Waals surface area contributed by atoms with Gasteiger partial charge in [0.1, 0.15) is 11.2 Å². The smallest absolute Gasteiger partial charge is 0.135 e. The Morgan fingerprint density at radius 1 is 0.512 bits per heavy atom. The summed E-state index contributed by atoms with van der Waals surface area (Å²) in [4.78, 5) is 0. The van der Waals surface area contributed by atoms with Gasteiger partial charge in [-0.3, -0.25) is 0 Å². The molecule has 0 amide bonds. The van der Waals surface area contributed by atoms with E-state index in [1.807, 2.05) is 23.5 Å². The van der Waals surface area contributed by atoms with E-state index in [9.17, 15) is 0 Å². The molecule has 0 aliphatic carbocycles. The second-order valence-corrected chi connectivity index (χ2v) is 11.6. The summed E-state index contributed by atoms with van der Waals surface area (Å²) in [5.74, 6) is 0. The first-order chi connectivity index (χ1) is 20.3. The van der Waals surface area contributed by atoms with Crippen LogP contribution in [0.2, 0.25) is 0 Å². The number of para-hydroxylation sites is 3. The van der Waals surface area contributed by atoms with Crippen LogP contribution in [0.5, 0.6) is 0 Å². The van der Waals surface area contributed by atoms with E-state index in [-0.39, 0.29) is 0 Å². The Hall–Kier alpha value is -5.12. The lowest BCUT2D eigenvalue weighted by Gasteiger charge is -2.11. The number of fused-ring (bicyclic) bond motifs is 8. The molecule has 0 unspecified atom stereocenters. The molecule has 0 aliphatic heterocycles. The van der Waals surface area contributed by atoms with Gasteiger partial charge in [-0.05, 0) is 64.7 Å². The molecule has 0 N–H and O–H groups in total. The number of nitrogens with zero attached hydrogens (tertiary/aromatic N) is 1. The molecular formula is C38H23NOS. The highest BCUT2D eigenvalue weighted by Gasteiger charge is 2.20. The summed E-state index contributed by atoms with van der Waals surface area (Å²) in [7, 11) is 0. The molecule has 3 heteroatoms. The molecular weight excluding hydrogens is 518 g/mol. The summed E-state index contributed by atoms with van der Waals surface area (Å²) in [6.07, 6.45) is 0. The fourth-order valence-corrected chi connectivity index (χ4v) is 7.59. The average Bonchev–Trinajstić information content (AvgIpc) is 3.70. The van der Waals surface area contributed by atoms with Gasteiger partial charge in [0.25, 0.3) is 0 Å². The molecule has 9 aromatic rings. The van der Waals surface area contributed by atoms with Crippen molar-refractivity contribution >= 4 is 64.5 Å². The lowest BCUT2D eigenvalue weighted by molar-refractivity contribution is 0.669. The van der Waals surface area contributed by atoms with Gasteiger partial charge in [-0.1, -0.05) is 97.1 Å². The minimum absolute atomic E-state index is 0.925. The fraction of sp³-hybridized carbons (Fsp3) is 0. The first kappa shape index (κ1) is 22.7. The first-order valence-electron chi connectivity index (χ1n) is 13.9. The minimum atomic E-state index is 0.925. The van der Waals surface area contributed by atoms with Crippen LogP contribution in [0.15, 0.2) is 144 Å². The predicted molar refractivity (Wildman–Crippen MR) is 174 cm³/mol. The van der Waals surface area contributed by atoms with Gasteiger partial charge in [-0.25, -0.2) is 0 Å². The van der Waals surface area contributed by atoms with Crippen molar-refractivity contribution < 1.29 is 4.42 Å². The molecule has 192 valence electrons. The summed E-state index contributed by atoms with van der Waals surface area (Å²) in [5, 5.41) is 4.92. The highest BCUT2D eigenvalue weighted by Crippen LogP contribution is 2.46. The van der Waals surface area contributed by atoms with Crippen molar-refractivity contribution in [3.63, 3.8) is 0 Å². The predicted octanol–water partition coefficient (Wildman–Crippen LogP) is 11.2. The third-order valence-corrected chi connectivity index (χ3v) is 9.40. The highest BCUT2D eigenvalue weighted by atomic mass is 32.1. The zero-order valence-electron chi connectivity index (χ0n) is 22.0. The van der Waals surface area contributed by atoms with E-state index in [0.29, 0.717) is 0 Å². The van der Waals surface area contributed by atoms with Crippen LogP contribution in [0.3, 0.4) is 0 Å². The molecule has 0 saturated carbocycles. The molecule has 0 radical (unpaired) electrons. The van der Waals surface area contributed by atoms with Crippen molar-refractivity contribution in [2.75, 3.05) is 0 Å². The van der Waals surface area contributed by atoms with Gasteiger partial charge in [-0.2, -0.15) is 0 Å². The van der Waals surface area contributed by atoms with E-state index in [0.717, 1.165) is 21.9 Å². The molecule has 41 heavy (non-hydrogen) atoms. The Labute approximate surface area is 240 Å². The van der Waals surface area contributed by atoms with Crippen LogP contribution in [-0.4, -0.2) is 4.57 Å². The quantitative estimate of drug-likeness (QED) is 0.217. The molecule has 0 spiro atoms. The van der Waals surface area contributed by atoms with Crippen molar-refractivity contribution in [3.05, 3.63) is 140 Å². The number of hydrogen-bond donors (Lipinski definition) is 0. The Morgan fingerprint density at radius 2 is 1.22 bits per heavy atom. The van der Waals surface area contributed by atoms with Gasteiger partial charge in [0, 0.05) is 31.9 Å². The van der Waals surface area contributed by atoms with Crippen LogP contribution in [0.1, 0.15) is 0 Å². The Balaban J connectivity index is 1.23. The van der Waals surface area contributed by atoms with E-state index in [1.165, 1.54) is 59.1 Å². The van der Waals surface area contributed by atoms with E-state index < -0.39 is 0 Å². The first-order valence-corrected chi connectivity index (χ1v) is 14.7. The minimum Gasteiger partial charge on any atom is -0.456 e. The van der Waals surface area contributed by atoms with Crippen LogP contribution < -0.4 is 0 Å². The number of rotatable bonds is 3. The van der Waals surface area contributed by atoms with E-state index >= 15 is 0 Å². The third kappa shape index (κ3) is 3.36. The molecule has 3 heterocycles. The largest absolute Gasteiger partial charge is 0.456 e. The summed E-state index contributed by atoms with van der Waals surface area (Å²) >= 11 is 1.89. The summed E-state index contributed by atoms with van der Waals surface area (Å²) in [6.45, 7) is 0. The molecule has 0 saturated heterocycles. The monoisotopic (exact) mass is 541 g/mol. The normalized spacial score (nSPS) is 11.9. The molecule has 2 nitrogen and oxygen atoms in total. The molecule has 0 bridgehead atoms. The van der Waals surface area contributed by atoms with Gasteiger partial charge < -0.3 is 8.98 Å². The number of furan rings is 1. The van der Waals surface area contributed by atoms with Crippen molar-refractivity contribution in [3.8, 4) is 27.9 Å². The molecule has 0 fully saturated rings. The maximum Gasteiger partial charge on any atom is 0.135 e. The van der Waals surface area contributed by atoms with Crippen LogP contribution in [-0.2, 0) is 0 Å². The van der Waals surface area contributed by atoms with Gasteiger partial charge in [-0.15, -0.1) is 11.3 Å². The summed E-state index contributed by atoms with van der Waals surface area (Å²) in [6, 6.07) is 49.9. The zero-order chi connectivity index (χ0) is 26.9. The van der Waals surface area contributed by atoms with Crippen LogP contribution >= 0.6 is 11.3 Å². The Bertz CT molecular complexity index is 2410. The molecule has 9 rings (SSSR count). The van der Waals surface area contributed by atoms with Crippen molar-refractivity contribution in [2.45, 2.75) is 0 Å². The maximum atomic E-state index is 6.05. The second kappa shape index (κ2) is 8.69. The number of thiophene rings is 1. The maximum absolute atomic E-state index is 6.05. The standard InChI is InChI=1S/C38H23NOS/c1-2-9-27(10-3-1)39-32-14-6-4-12-30(32)38-37(39)36-28(13-8-16-35(36)41-38)25-19-17-24(18-20-25)26-21-22-34-31(23-26)29-11-5-7-15-33(29)40-34/h1-23H. The number of benzene rings is 6. The Morgan fingerprint density at radius 3 is 2.10 bits per heavy atom. The van der Waals surface area contributed by atoms with E-state index in [2.05, 4.69) is 132 Å². The molecule has 0 aliphatic rings. The summed E-state index contributed by atoms with van der Waals surface area (Å²) < 4.78 is 11.1. The van der Waals surface area contributed by atoms with Crippen molar-refractivity contribution in [1.29, 1.82) is 0 Å². The van der Waals surface area contributed by atoms with Gasteiger partial charge in [0.15, 0.2) is 0 Å². The van der Waals surface area contributed by atoms with Crippen molar-refractivity contribution in [2.24, 2.45) is 0 Å². The van der Waals surface area contributed by atoms with Crippen LogP contribution in [0.25, 0.3) is 81.1 Å². The third-order valence-electron chi connectivity index (χ3n) is 8.22. The van der Waals surface area contributed by atoms with Crippen LogP contribution in [0, 0.1) is 0 Å². The number of aromatic nitrogens is 1. The molecule has 6 aromatic carbocycles. The highest BCUT2D eigenvalue weighted by molar-refractivity contribution is 7.26. The lowest BCUT2D eigenvalue weighted by Crippen LogP contribution is -1.93. The van der Waals surface area contributed by atoms with Gasteiger partial charge in [0.05, 0.1) is 15.7 Å². The Kier molecular flexibility index (Phi) is 4.80. The van der Waals surface area contributed by atoms with Crippen LogP contribution in [0.4, 0.5) is 0 Å². The fourth-order valence-electron chi connectivity index (χ4n) is 6.34. The molecule has 3 aromatic heterocycles. The number of hydrogen-bond acceptors (Lipinski definition) is 2. The topological polar surface area (TPSA) is 18.1 Å².